The predicted molar refractivity (Wildman–Crippen MR) is 134 cm³/mol. The second kappa shape index (κ2) is 9.21. The quantitative estimate of drug-likeness (QED) is 0.368. The Balaban J connectivity index is 1.32. The first-order chi connectivity index (χ1) is 18.0. The summed E-state index contributed by atoms with van der Waals surface area (Å²) in [5.41, 5.74) is 1.34. The summed E-state index contributed by atoms with van der Waals surface area (Å²) < 4.78 is 38.7. The first kappa shape index (κ1) is 23.0. The Morgan fingerprint density at radius 2 is 1.97 bits per heavy atom. The summed E-state index contributed by atoms with van der Waals surface area (Å²) in [5.74, 6) is 0.121. The zero-order valence-corrected chi connectivity index (χ0v) is 20.1. The topological polar surface area (TPSA) is 105 Å². The zero-order valence-electron chi connectivity index (χ0n) is 20.1. The van der Waals surface area contributed by atoms with Crippen molar-refractivity contribution >= 4 is 33.9 Å². The summed E-state index contributed by atoms with van der Waals surface area (Å²) in [5, 5.41) is 10.5. The van der Waals surface area contributed by atoms with E-state index < -0.39 is 11.6 Å². The van der Waals surface area contributed by atoms with Crippen LogP contribution in [0.4, 0.5) is 26.1 Å². The number of nitrogens with zero attached hydrogens (tertiary/aromatic N) is 7. The SMILES string of the molecule is Cc1c(Oc2ccn3ncnc3c2)ccc(Nc2ncnc3cnc(N4CCN[C@H](C)C4)c(F)c23)c1F. The third kappa shape index (κ3) is 4.25. The summed E-state index contributed by atoms with van der Waals surface area (Å²) in [4.78, 5) is 18.7. The highest BCUT2D eigenvalue weighted by Crippen LogP contribution is 2.34. The minimum Gasteiger partial charge on any atom is -0.457 e. The molecule has 4 aromatic heterocycles. The lowest BCUT2D eigenvalue weighted by atomic mass is 10.1. The average Bonchev–Trinajstić information content (AvgIpc) is 3.37. The molecule has 1 saturated heterocycles. The largest absolute Gasteiger partial charge is 0.457 e. The van der Waals surface area contributed by atoms with Crippen LogP contribution in [0.2, 0.25) is 0 Å². The monoisotopic (exact) mass is 503 g/mol. The number of fused-ring (bicyclic) bond motifs is 2. The van der Waals surface area contributed by atoms with E-state index in [9.17, 15) is 0 Å². The maximum atomic E-state index is 15.7. The van der Waals surface area contributed by atoms with Crippen LogP contribution in [0.5, 0.6) is 11.5 Å². The van der Waals surface area contributed by atoms with Crippen LogP contribution in [0, 0.1) is 18.6 Å². The molecule has 0 saturated carbocycles. The van der Waals surface area contributed by atoms with Gasteiger partial charge in [0.15, 0.2) is 23.1 Å². The fraction of sp³-hybridized carbons (Fsp3) is 0.240. The second-order valence-corrected chi connectivity index (χ2v) is 8.88. The Kier molecular flexibility index (Phi) is 5.72. The van der Waals surface area contributed by atoms with Gasteiger partial charge in [0.2, 0.25) is 0 Å². The molecule has 0 radical (unpaired) electrons. The highest BCUT2D eigenvalue weighted by atomic mass is 19.1. The van der Waals surface area contributed by atoms with Crippen LogP contribution in [-0.2, 0) is 0 Å². The van der Waals surface area contributed by atoms with E-state index >= 15 is 8.78 Å². The van der Waals surface area contributed by atoms with E-state index in [0.29, 0.717) is 35.8 Å². The van der Waals surface area contributed by atoms with Gasteiger partial charge in [-0.3, -0.25) is 0 Å². The third-order valence-electron chi connectivity index (χ3n) is 6.34. The lowest BCUT2D eigenvalue weighted by Gasteiger charge is -2.33. The van der Waals surface area contributed by atoms with Crippen LogP contribution >= 0.6 is 0 Å². The first-order valence-electron chi connectivity index (χ1n) is 11.8. The molecule has 5 heterocycles. The van der Waals surface area contributed by atoms with Gasteiger partial charge in [0.25, 0.3) is 0 Å². The lowest BCUT2D eigenvalue weighted by Crippen LogP contribution is -2.49. The highest BCUT2D eigenvalue weighted by Gasteiger charge is 2.24. The number of ether oxygens (including phenoxy) is 1. The number of pyridine rings is 2. The van der Waals surface area contributed by atoms with Crippen LogP contribution in [0.25, 0.3) is 16.6 Å². The number of benzene rings is 1. The van der Waals surface area contributed by atoms with E-state index in [-0.39, 0.29) is 34.3 Å². The number of rotatable bonds is 5. The Morgan fingerprint density at radius 3 is 2.84 bits per heavy atom. The van der Waals surface area contributed by atoms with Crippen LogP contribution in [0.15, 0.2) is 49.3 Å². The van der Waals surface area contributed by atoms with E-state index in [1.54, 1.807) is 35.8 Å². The Bertz CT molecular complexity index is 1620. The minimum atomic E-state index is -0.546. The predicted octanol–water partition coefficient (Wildman–Crippen LogP) is 3.99. The Hall–Kier alpha value is -4.45. The maximum absolute atomic E-state index is 15.7. The molecule has 188 valence electrons. The molecule has 0 unspecified atom stereocenters. The standard InChI is InChI=1S/C25H23F2N9O/c1-14-11-35(8-6-28-14)25-23(27)21-18(10-29-25)30-12-32-24(21)34-17-3-4-19(15(2)22(17)26)37-16-5-7-36-20(9-16)31-13-33-36/h3-5,7,9-10,12-14,28H,6,8,11H2,1-2H3,(H,30,32,34)/t14-/m1/s1. The van der Waals surface area contributed by atoms with Crippen molar-refractivity contribution in [1.82, 2.24) is 34.9 Å². The van der Waals surface area contributed by atoms with Crippen LogP contribution in [0.1, 0.15) is 12.5 Å². The van der Waals surface area contributed by atoms with Crippen LogP contribution in [0.3, 0.4) is 0 Å². The smallest absolute Gasteiger partial charge is 0.178 e. The normalized spacial score (nSPS) is 15.9. The van der Waals surface area contributed by atoms with E-state index in [2.05, 4.69) is 35.7 Å². The van der Waals surface area contributed by atoms with Crippen molar-refractivity contribution < 1.29 is 13.5 Å². The van der Waals surface area contributed by atoms with Crippen molar-refractivity contribution in [2.45, 2.75) is 19.9 Å². The third-order valence-corrected chi connectivity index (χ3v) is 6.34. The number of piperazine rings is 1. The maximum Gasteiger partial charge on any atom is 0.178 e. The van der Waals surface area contributed by atoms with Crippen molar-refractivity contribution in [1.29, 1.82) is 0 Å². The molecule has 0 bridgehead atoms. The molecule has 1 aromatic carbocycles. The summed E-state index contributed by atoms with van der Waals surface area (Å²) in [6.07, 6.45) is 5.95. The van der Waals surface area contributed by atoms with Gasteiger partial charge in [-0.15, -0.1) is 0 Å². The molecular weight excluding hydrogens is 480 g/mol. The summed E-state index contributed by atoms with van der Waals surface area (Å²) in [7, 11) is 0. The van der Waals surface area contributed by atoms with Gasteiger partial charge in [-0.2, -0.15) is 5.10 Å². The molecule has 37 heavy (non-hydrogen) atoms. The number of hydrogen-bond acceptors (Lipinski definition) is 9. The van der Waals surface area contributed by atoms with Gasteiger partial charge in [0.1, 0.15) is 30.0 Å². The molecule has 1 atom stereocenters. The molecule has 10 nitrogen and oxygen atoms in total. The highest BCUT2D eigenvalue weighted by molar-refractivity contribution is 5.92. The Labute approximate surface area is 210 Å². The van der Waals surface area contributed by atoms with E-state index in [1.807, 2.05) is 11.8 Å². The minimum absolute atomic E-state index is 0.131. The van der Waals surface area contributed by atoms with Gasteiger partial charge < -0.3 is 20.3 Å². The molecular formula is C25H23F2N9O. The number of nitrogens with one attached hydrogen (secondary N) is 2. The molecule has 1 aliphatic heterocycles. The first-order valence-corrected chi connectivity index (χ1v) is 11.8. The van der Waals surface area contributed by atoms with Crippen molar-refractivity contribution in [3.05, 3.63) is 66.5 Å². The van der Waals surface area contributed by atoms with Crippen LogP contribution in [-0.4, -0.2) is 55.2 Å². The van der Waals surface area contributed by atoms with E-state index in [1.165, 1.54) is 24.9 Å². The molecule has 6 rings (SSSR count). The Morgan fingerprint density at radius 1 is 1.08 bits per heavy atom. The zero-order chi connectivity index (χ0) is 25.5. The molecule has 1 fully saturated rings. The number of anilines is 3. The van der Waals surface area contributed by atoms with Gasteiger partial charge in [0, 0.05) is 43.5 Å². The lowest BCUT2D eigenvalue weighted by molar-refractivity contribution is 0.471. The van der Waals surface area contributed by atoms with Gasteiger partial charge in [-0.05, 0) is 32.0 Å². The van der Waals surface area contributed by atoms with Crippen molar-refractivity contribution in [3.63, 3.8) is 0 Å². The van der Waals surface area contributed by atoms with Crippen molar-refractivity contribution in [2.75, 3.05) is 29.9 Å². The summed E-state index contributed by atoms with van der Waals surface area (Å²) in [6.45, 7) is 5.60. The van der Waals surface area contributed by atoms with Gasteiger partial charge in [-0.25, -0.2) is 33.2 Å². The summed E-state index contributed by atoms with van der Waals surface area (Å²) in [6, 6.07) is 6.79. The molecule has 0 amide bonds. The number of hydrogen-bond donors (Lipinski definition) is 2. The summed E-state index contributed by atoms with van der Waals surface area (Å²) >= 11 is 0. The molecule has 5 aromatic rings. The van der Waals surface area contributed by atoms with Crippen molar-refractivity contribution in [2.24, 2.45) is 0 Å². The van der Waals surface area contributed by atoms with Crippen molar-refractivity contribution in [3.8, 4) is 11.5 Å². The molecule has 0 aliphatic carbocycles. The van der Waals surface area contributed by atoms with Gasteiger partial charge in [-0.1, -0.05) is 0 Å². The molecule has 2 N–H and O–H groups in total. The fourth-order valence-electron chi connectivity index (χ4n) is 4.43. The van der Waals surface area contributed by atoms with Gasteiger partial charge >= 0.3 is 0 Å². The van der Waals surface area contributed by atoms with E-state index in [4.69, 9.17) is 4.74 Å². The number of halogens is 2. The molecule has 12 heteroatoms. The molecule has 0 spiro atoms. The number of aromatic nitrogens is 6. The van der Waals surface area contributed by atoms with E-state index in [0.717, 1.165) is 6.54 Å². The van der Waals surface area contributed by atoms with Gasteiger partial charge in [0.05, 0.1) is 22.8 Å². The molecule has 1 aliphatic rings. The second-order valence-electron chi connectivity index (χ2n) is 8.88. The average molecular weight is 504 g/mol. The fourth-order valence-corrected chi connectivity index (χ4v) is 4.43. The van der Waals surface area contributed by atoms with Crippen LogP contribution < -0.4 is 20.3 Å².